The monoisotopic (exact) mass is 316 g/mol. The molecule has 0 aliphatic heterocycles. The molecule has 0 aromatic carbocycles. The van der Waals surface area contributed by atoms with E-state index in [2.05, 4.69) is 6.58 Å². The van der Waals surface area contributed by atoms with E-state index < -0.39 is 21.4 Å². The van der Waals surface area contributed by atoms with Crippen LogP contribution in [0.4, 0.5) is 4.39 Å². The van der Waals surface area contributed by atoms with E-state index in [0.717, 1.165) is 30.6 Å². The fraction of sp³-hybridized carbons (Fsp3) is 0.867. The molecule has 4 aliphatic rings. The van der Waals surface area contributed by atoms with Gasteiger partial charge < -0.3 is 4.74 Å². The molecule has 0 radical (unpaired) electrons. The van der Waals surface area contributed by atoms with E-state index in [9.17, 15) is 12.8 Å². The summed E-state index contributed by atoms with van der Waals surface area (Å²) in [7, 11) is -4.77. The quantitative estimate of drug-likeness (QED) is 0.492. The van der Waals surface area contributed by atoms with Crippen molar-refractivity contribution in [3.8, 4) is 0 Å². The fourth-order valence-electron chi connectivity index (χ4n) is 6.05. The zero-order chi connectivity index (χ0) is 14.9. The summed E-state index contributed by atoms with van der Waals surface area (Å²) in [5, 5.41) is 0. The normalized spacial score (nSPS) is 48.4. The molecule has 8 unspecified atom stereocenters. The lowest BCUT2D eigenvalue weighted by atomic mass is 9.70. The summed E-state index contributed by atoms with van der Waals surface area (Å²) in [6.45, 7) is 3.37. The molecule has 21 heavy (non-hydrogen) atoms. The molecule has 4 saturated carbocycles. The smallest absolute Gasteiger partial charge is 0.305 e. The maximum atomic E-state index is 13.6. The molecular weight excluding hydrogens is 295 g/mol. The van der Waals surface area contributed by atoms with E-state index in [1.54, 1.807) is 0 Å². The average Bonchev–Trinajstić information content (AvgIpc) is 3.14. The second kappa shape index (κ2) is 4.44. The Kier molecular flexibility index (Phi) is 2.96. The molecule has 0 amide bonds. The van der Waals surface area contributed by atoms with Crippen LogP contribution >= 0.6 is 0 Å². The van der Waals surface area contributed by atoms with E-state index in [4.69, 9.17) is 9.29 Å². The molecule has 1 N–H and O–H groups in total. The van der Waals surface area contributed by atoms with Crippen LogP contribution in [-0.2, 0) is 14.9 Å². The van der Waals surface area contributed by atoms with E-state index in [0.29, 0.717) is 17.8 Å². The Morgan fingerprint density at radius 3 is 2.48 bits per heavy atom. The van der Waals surface area contributed by atoms with Gasteiger partial charge in [-0.3, -0.25) is 4.55 Å². The Balaban J connectivity index is 1.46. The molecule has 4 nitrogen and oxygen atoms in total. The zero-order valence-corrected chi connectivity index (χ0v) is 12.6. The third kappa shape index (κ3) is 1.98. The Labute approximate surface area is 124 Å². The molecule has 0 spiro atoms. The highest BCUT2D eigenvalue weighted by Crippen LogP contribution is 2.67. The van der Waals surface area contributed by atoms with Crippen LogP contribution in [0.2, 0.25) is 0 Å². The zero-order valence-electron chi connectivity index (χ0n) is 11.8. The van der Waals surface area contributed by atoms with Crippen molar-refractivity contribution < 1.29 is 22.1 Å². The highest BCUT2D eigenvalue weighted by molar-refractivity contribution is 7.86. The van der Waals surface area contributed by atoms with Gasteiger partial charge in [0.2, 0.25) is 0 Å². The van der Waals surface area contributed by atoms with Crippen molar-refractivity contribution in [2.45, 2.75) is 43.7 Å². The first-order chi connectivity index (χ1) is 9.86. The minimum Gasteiger partial charge on any atom is -0.491 e. The summed E-state index contributed by atoms with van der Waals surface area (Å²) in [6, 6.07) is 0. The summed E-state index contributed by atoms with van der Waals surface area (Å²) < 4.78 is 49.5. The third-order valence-corrected chi connectivity index (χ3v) is 7.28. The summed E-state index contributed by atoms with van der Waals surface area (Å²) in [6.07, 6.45) is 5.90. The minimum atomic E-state index is -4.77. The van der Waals surface area contributed by atoms with Gasteiger partial charge >= 0.3 is 10.1 Å². The van der Waals surface area contributed by atoms with Gasteiger partial charge in [0.15, 0.2) is 0 Å². The molecule has 0 saturated heterocycles. The molecule has 4 rings (SSSR count). The minimum absolute atomic E-state index is 0.122. The summed E-state index contributed by atoms with van der Waals surface area (Å²) in [5.41, 5.74) is -2.53. The van der Waals surface area contributed by atoms with Gasteiger partial charge in [0.05, 0.1) is 0 Å². The highest BCUT2D eigenvalue weighted by Gasteiger charge is 2.63. The van der Waals surface area contributed by atoms with Gasteiger partial charge in [-0.1, -0.05) is 6.58 Å². The Bertz CT molecular complexity index is 574. The van der Waals surface area contributed by atoms with Crippen LogP contribution in [0.15, 0.2) is 12.3 Å². The molecule has 0 aromatic rings. The molecular formula is C15H21FO4S. The lowest BCUT2D eigenvalue weighted by Crippen LogP contribution is -2.37. The van der Waals surface area contributed by atoms with Crippen molar-refractivity contribution >= 4 is 10.1 Å². The van der Waals surface area contributed by atoms with Gasteiger partial charge in [-0.05, 0) is 67.6 Å². The Hall–Kier alpha value is -0.620. The number of ether oxygens (including phenoxy) is 1. The van der Waals surface area contributed by atoms with Crippen molar-refractivity contribution in [1.29, 1.82) is 0 Å². The van der Waals surface area contributed by atoms with Crippen LogP contribution in [0.3, 0.4) is 0 Å². The van der Waals surface area contributed by atoms with Gasteiger partial charge in [0.25, 0.3) is 5.50 Å². The highest BCUT2D eigenvalue weighted by atomic mass is 32.2. The lowest BCUT2D eigenvalue weighted by Gasteiger charge is -2.38. The average molecular weight is 316 g/mol. The number of halogens is 1. The Morgan fingerprint density at radius 1 is 1.14 bits per heavy atom. The molecule has 4 aliphatic carbocycles. The van der Waals surface area contributed by atoms with Crippen molar-refractivity contribution in [2.75, 3.05) is 0 Å². The van der Waals surface area contributed by atoms with Crippen LogP contribution in [0.25, 0.3) is 0 Å². The Morgan fingerprint density at radius 2 is 1.81 bits per heavy atom. The number of hydrogen-bond acceptors (Lipinski definition) is 3. The number of hydrogen-bond donors (Lipinski definition) is 1. The van der Waals surface area contributed by atoms with Crippen molar-refractivity contribution in [3.05, 3.63) is 12.3 Å². The molecule has 8 atom stereocenters. The second-order valence-corrected chi connectivity index (χ2v) is 8.78. The molecule has 0 heterocycles. The van der Waals surface area contributed by atoms with Crippen LogP contribution in [0.5, 0.6) is 0 Å². The second-order valence-electron chi connectivity index (χ2n) is 7.34. The van der Waals surface area contributed by atoms with Crippen molar-refractivity contribution in [1.82, 2.24) is 0 Å². The van der Waals surface area contributed by atoms with Crippen LogP contribution in [0, 0.1) is 35.5 Å². The van der Waals surface area contributed by atoms with Crippen molar-refractivity contribution in [3.63, 3.8) is 0 Å². The summed E-state index contributed by atoms with van der Waals surface area (Å²) >= 11 is 0. The lowest BCUT2D eigenvalue weighted by molar-refractivity contribution is -0.00165. The number of alkyl halides is 1. The molecule has 0 aromatic heterocycles. The van der Waals surface area contributed by atoms with Crippen molar-refractivity contribution in [2.24, 2.45) is 35.5 Å². The predicted octanol–water partition coefficient (Wildman–Crippen LogP) is 2.77. The molecule has 118 valence electrons. The van der Waals surface area contributed by atoms with Crippen LogP contribution in [-0.4, -0.2) is 24.6 Å². The first-order valence-electron chi connectivity index (χ1n) is 7.82. The van der Waals surface area contributed by atoms with Gasteiger partial charge in [0, 0.05) is 0 Å². The van der Waals surface area contributed by atoms with Gasteiger partial charge in [0.1, 0.15) is 11.9 Å². The molecule has 4 fully saturated rings. The van der Waals surface area contributed by atoms with Gasteiger partial charge in [-0.2, -0.15) is 8.42 Å². The van der Waals surface area contributed by atoms with E-state index in [1.165, 1.54) is 19.3 Å². The predicted molar refractivity (Wildman–Crippen MR) is 74.5 cm³/mol. The molecule has 4 bridgehead atoms. The maximum absolute atomic E-state index is 13.6. The largest absolute Gasteiger partial charge is 0.491 e. The van der Waals surface area contributed by atoms with E-state index >= 15 is 0 Å². The number of fused-ring (bicyclic) bond motifs is 9. The molecule has 6 heteroatoms. The summed E-state index contributed by atoms with van der Waals surface area (Å²) in [4.78, 5) is 0. The first kappa shape index (κ1) is 14.0. The number of rotatable bonds is 4. The van der Waals surface area contributed by atoms with E-state index in [1.807, 2.05) is 0 Å². The topological polar surface area (TPSA) is 63.6 Å². The first-order valence-corrected chi connectivity index (χ1v) is 9.32. The standard InChI is InChI=1S/C15H21FO4S/c1-7(15(16)21(17,18)19)20-12-6-10-5-11(12)14-9-3-2-8(4-9)13(10)14/h8-15H,1-6H2,(H,17,18,19). The van der Waals surface area contributed by atoms with Gasteiger partial charge in [-0.15, -0.1) is 0 Å². The van der Waals surface area contributed by atoms with Crippen LogP contribution in [0.1, 0.15) is 32.1 Å². The maximum Gasteiger partial charge on any atom is 0.305 e. The third-order valence-electron chi connectivity index (χ3n) is 6.49. The van der Waals surface area contributed by atoms with E-state index in [-0.39, 0.29) is 6.10 Å². The van der Waals surface area contributed by atoms with Gasteiger partial charge in [-0.25, -0.2) is 4.39 Å². The summed E-state index contributed by atoms with van der Waals surface area (Å²) in [5.74, 6) is 3.78. The fourth-order valence-corrected chi connectivity index (χ4v) is 6.44. The van der Waals surface area contributed by atoms with Crippen LogP contribution < -0.4 is 0 Å². The SMILES string of the molecule is C=C(OC1CC2CC1C1C3CCC(C3)C21)C(F)S(=O)(=O)O.